The van der Waals surface area contributed by atoms with Gasteiger partial charge in [0.25, 0.3) is 0 Å². The van der Waals surface area contributed by atoms with Crippen LogP contribution in [0.25, 0.3) is 10.6 Å². The Morgan fingerprint density at radius 3 is 2.88 bits per heavy atom. The van der Waals surface area contributed by atoms with Crippen molar-refractivity contribution in [3.63, 3.8) is 0 Å². The molecule has 2 rings (SSSR count). The summed E-state index contributed by atoms with van der Waals surface area (Å²) in [6.07, 6.45) is -0.0355. The molecule has 1 N–H and O–H groups in total. The van der Waals surface area contributed by atoms with E-state index in [1.165, 1.54) is 0 Å². The van der Waals surface area contributed by atoms with Crippen LogP contribution in [0.2, 0.25) is 0 Å². The molecule has 0 amide bonds. The summed E-state index contributed by atoms with van der Waals surface area (Å²) in [5.41, 5.74) is 2.54. The zero-order valence-electron chi connectivity index (χ0n) is 9.40. The molecule has 90 valence electrons. The van der Waals surface area contributed by atoms with Crippen molar-refractivity contribution in [2.75, 3.05) is 0 Å². The first-order valence-electron chi connectivity index (χ1n) is 4.97. The van der Waals surface area contributed by atoms with Crippen molar-refractivity contribution in [1.29, 1.82) is 0 Å². The van der Waals surface area contributed by atoms with Crippen molar-refractivity contribution in [1.82, 2.24) is 9.78 Å². The SMILES string of the molecule is Cc1c(CC(=O)O)nn(C)c1-c1cc(Br)cs1. The average Bonchev–Trinajstić information content (AvgIpc) is 2.72. The van der Waals surface area contributed by atoms with Gasteiger partial charge in [-0.05, 0) is 34.5 Å². The molecule has 0 bridgehead atoms. The number of halogens is 1. The Hall–Kier alpha value is -1.14. The molecule has 0 fully saturated rings. The van der Waals surface area contributed by atoms with E-state index >= 15 is 0 Å². The smallest absolute Gasteiger partial charge is 0.309 e. The van der Waals surface area contributed by atoms with Crippen molar-refractivity contribution >= 4 is 33.2 Å². The van der Waals surface area contributed by atoms with E-state index in [0.717, 1.165) is 20.6 Å². The average molecular weight is 315 g/mol. The molecule has 0 spiro atoms. The zero-order chi connectivity index (χ0) is 12.6. The van der Waals surface area contributed by atoms with Gasteiger partial charge < -0.3 is 5.11 Å². The lowest BCUT2D eigenvalue weighted by Gasteiger charge is -1.99. The highest BCUT2D eigenvalue weighted by Gasteiger charge is 2.17. The molecule has 17 heavy (non-hydrogen) atoms. The summed E-state index contributed by atoms with van der Waals surface area (Å²) in [5.74, 6) is -0.856. The standard InChI is InChI=1S/C11H11BrN2O2S/c1-6-8(4-10(15)16)13-14(2)11(6)9-3-7(12)5-17-9/h3,5H,4H2,1-2H3,(H,15,16). The molecule has 2 aromatic rings. The molecule has 0 radical (unpaired) electrons. The second kappa shape index (κ2) is 4.62. The highest BCUT2D eigenvalue weighted by atomic mass is 79.9. The van der Waals surface area contributed by atoms with Gasteiger partial charge >= 0.3 is 5.97 Å². The van der Waals surface area contributed by atoms with Crippen molar-refractivity contribution in [3.8, 4) is 10.6 Å². The number of hydrogen-bond donors (Lipinski definition) is 1. The van der Waals surface area contributed by atoms with Gasteiger partial charge in [-0.25, -0.2) is 0 Å². The molecule has 2 heterocycles. The highest BCUT2D eigenvalue weighted by molar-refractivity contribution is 9.10. The van der Waals surface area contributed by atoms with E-state index in [9.17, 15) is 4.79 Å². The molecule has 0 unspecified atom stereocenters. The fraction of sp³-hybridized carbons (Fsp3) is 0.273. The number of aromatic nitrogens is 2. The Balaban J connectivity index is 2.48. The first kappa shape index (κ1) is 12.3. The maximum absolute atomic E-state index is 10.7. The second-order valence-corrected chi connectivity index (χ2v) is 5.57. The number of aryl methyl sites for hydroxylation is 1. The lowest BCUT2D eigenvalue weighted by atomic mass is 10.1. The molecule has 2 aromatic heterocycles. The minimum atomic E-state index is -0.856. The number of nitrogens with zero attached hydrogens (tertiary/aromatic N) is 2. The zero-order valence-corrected chi connectivity index (χ0v) is 11.8. The maximum atomic E-state index is 10.7. The van der Waals surface area contributed by atoms with E-state index in [1.807, 2.05) is 25.4 Å². The van der Waals surface area contributed by atoms with Crippen LogP contribution in [0.5, 0.6) is 0 Å². The predicted octanol–water partition coefficient (Wildman–Crippen LogP) is 2.85. The van der Waals surface area contributed by atoms with E-state index in [1.54, 1.807) is 16.0 Å². The van der Waals surface area contributed by atoms with Crippen molar-refractivity contribution in [3.05, 3.63) is 27.2 Å². The summed E-state index contributed by atoms with van der Waals surface area (Å²) < 4.78 is 2.77. The molecule has 0 aliphatic heterocycles. The van der Waals surface area contributed by atoms with Crippen molar-refractivity contribution in [2.45, 2.75) is 13.3 Å². The van der Waals surface area contributed by atoms with Crippen LogP contribution in [0.1, 0.15) is 11.3 Å². The monoisotopic (exact) mass is 314 g/mol. The van der Waals surface area contributed by atoms with E-state index in [4.69, 9.17) is 5.11 Å². The summed E-state index contributed by atoms with van der Waals surface area (Å²) in [5, 5.41) is 15.1. The third kappa shape index (κ3) is 2.42. The second-order valence-electron chi connectivity index (χ2n) is 3.74. The first-order valence-corrected chi connectivity index (χ1v) is 6.65. The third-order valence-corrected chi connectivity index (χ3v) is 4.20. The van der Waals surface area contributed by atoms with Crippen LogP contribution in [-0.4, -0.2) is 20.9 Å². The Labute approximate surface area is 111 Å². The normalized spacial score (nSPS) is 10.8. The number of carbonyl (C=O) groups is 1. The number of thiophene rings is 1. The Bertz CT molecular complexity index is 574. The number of rotatable bonds is 3. The Morgan fingerprint density at radius 1 is 1.65 bits per heavy atom. The van der Waals surface area contributed by atoms with E-state index in [0.29, 0.717) is 5.69 Å². The molecule has 4 nitrogen and oxygen atoms in total. The number of carboxylic acid groups (broad SMARTS) is 1. The van der Waals surface area contributed by atoms with Crippen LogP contribution in [0.3, 0.4) is 0 Å². The lowest BCUT2D eigenvalue weighted by Crippen LogP contribution is -2.02. The van der Waals surface area contributed by atoms with Crippen LogP contribution in [-0.2, 0) is 18.3 Å². The summed E-state index contributed by atoms with van der Waals surface area (Å²) in [4.78, 5) is 11.8. The van der Waals surface area contributed by atoms with Crippen LogP contribution in [0.15, 0.2) is 15.9 Å². The van der Waals surface area contributed by atoms with Crippen molar-refractivity contribution in [2.24, 2.45) is 7.05 Å². The molecule has 0 saturated carbocycles. The third-order valence-electron chi connectivity index (χ3n) is 2.50. The molecule has 6 heteroatoms. The molecule has 0 aliphatic rings. The largest absolute Gasteiger partial charge is 0.481 e. The van der Waals surface area contributed by atoms with Gasteiger partial charge in [-0.15, -0.1) is 11.3 Å². The number of carboxylic acids is 1. The Kier molecular flexibility index (Phi) is 3.35. The molecule has 0 atom stereocenters. The van der Waals surface area contributed by atoms with Gasteiger partial charge in [0, 0.05) is 16.9 Å². The van der Waals surface area contributed by atoms with E-state index in [-0.39, 0.29) is 6.42 Å². The molecule has 0 aromatic carbocycles. The fourth-order valence-corrected chi connectivity index (χ4v) is 3.34. The first-order chi connectivity index (χ1) is 7.99. The van der Waals surface area contributed by atoms with Gasteiger partial charge in [-0.3, -0.25) is 9.48 Å². The number of hydrogen-bond acceptors (Lipinski definition) is 3. The van der Waals surface area contributed by atoms with Crippen LogP contribution in [0, 0.1) is 6.92 Å². The van der Waals surface area contributed by atoms with Crippen LogP contribution < -0.4 is 0 Å². The topological polar surface area (TPSA) is 55.1 Å². The van der Waals surface area contributed by atoms with Gasteiger partial charge in [0.2, 0.25) is 0 Å². The molecular formula is C11H11BrN2O2S. The van der Waals surface area contributed by atoms with Gasteiger partial charge in [-0.2, -0.15) is 5.10 Å². The summed E-state index contributed by atoms with van der Waals surface area (Å²) in [7, 11) is 1.83. The summed E-state index contributed by atoms with van der Waals surface area (Å²) in [6.45, 7) is 1.91. The highest BCUT2D eigenvalue weighted by Crippen LogP contribution is 2.32. The van der Waals surface area contributed by atoms with Gasteiger partial charge in [-0.1, -0.05) is 0 Å². The van der Waals surface area contributed by atoms with Crippen LogP contribution >= 0.6 is 27.3 Å². The quantitative estimate of drug-likeness (QED) is 0.947. The minimum Gasteiger partial charge on any atom is -0.481 e. The lowest BCUT2D eigenvalue weighted by molar-refractivity contribution is -0.136. The van der Waals surface area contributed by atoms with E-state index < -0.39 is 5.97 Å². The molecular weight excluding hydrogens is 304 g/mol. The minimum absolute atomic E-state index is 0.0355. The van der Waals surface area contributed by atoms with Gasteiger partial charge in [0.1, 0.15) is 0 Å². The van der Waals surface area contributed by atoms with Gasteiger partial charge in [0.15, 0.2) is 0 Å². The molecule has 0 aliphatic carbocycles. The number of aliphatic carboxylic acids is 1. The van der Waals surface area contributed by atoms with Crippen molar-refractivity contribution < 1.29 is 9.90 Å². The summed E-state index contributed by atoms with van der Waals surface area (Å²) >= 11 is 5.02. The predicted molar refractivity (Wildman–Crippen MR) is 70.3 cm³/mol. The fourth-order valence-electron chi connectivity index (χ4n) is 1.78. The summed E-state index contributed by atoms with van der Waals surface area (Å²) in [6, 6.07) is 2.01. The maximum Gasteiger partial charge on any atom is 0.309 e. The van der Waals surface area contributed by atoms with Gasteiger partial charge in [0.05, 0.1) is 22.7 Å². The molecule has 0 saturated heterocycles. The Morgan fingerprint density at radius 2 is 2.35 bits per heavy atom. The van der Waals surface area contributed by atoms with E-state index in [2.05, 4.69) is 21.0 Å². The van der Waals surface area contributed by atoms with Crippen LogP contribution in [0.4, 0.5) is 0 Å².